The third-order valence-corrected chi connectivity index (χ3v) is 4.29. The summed E-state index contributed by atoms with van der Waals surface area (Å²) in [6.45, 7) is 3.71. The highest BCUT2D eigenvalue weighted by Gasteiger charge is 2.48. The van der Waals surface area contributed by atoms with Gasteiger partial charge in [-0.25, -0.2) is 0 Å². The fourth-order valence-corrected chi connectivity index (χ4v) is 3.12. The van der Waals surface area contributed by atoms with Crippen LogP contribution in [0.2, 0.25) is 0 Å². The molecule has 1 unspecified atom stereocenters. The van der Waals surface area contributed by atoms with Crippen molar-refractivity contribution in [3.8, 4) is 0 Å². The topological polar surface area (TPSA) is 46.5 Å². The molecule has 0 bridgehead atoms. The van der Waals surface area contributed by atoms with E-state index < -0.39 is 11.5 Å². The van der Waals surface area contributed by atoms with Crippen molar-refractivity contribution >= 4 is 5.97 Å². The van der Waals surface area contributed by atoms with E-state index in [-0.39, 0.29) is 5.97 Å². The Hall–Kier alpha value is -1.61. The first-order valence-electron chi connectivity index (χ1n) is 7.10. The molecule has 3 nitrogen and oxygen atoms in total. The summed E-state index contributed by atoms with van der Waals surface area (Å²) in [6.07, 6.45) is 5.15. The highest BCUT2D eigenvalue weighted by Crippen LogP contribution is 2.48. The molecule has 1 aliphatic carbocycles. The Morgan fingerprint density at radius 3 is 2.50 bits per heavy atom. The number of allylic oxidation sites excluding steroid dienone is 1. The van der Waals surface area contributed by atoms with Gasteiger partial charge in [0.05, 0.1) is 18.6 Å². The lowest BCUT2D eigenvalue weighted by atomic mass is 9.77. The van der Waals surface area contributed by atoms with Crippen LogP contribution in [-0.4, -0.2) is 18.2 Å². The molecule has 1 N–H and O–H groups in total. The molecule has 1 aromatic carbocycles. The average Bonchev–Trinajstić information content (AvgIpc) is 2.97. The van der Waals surface area contributed by atoms with Crippen molar-refractivity contribution in [2.45, 2.75) is 38.2 Å². The van der Waals surface area contributed by atoms with Gasteiger partial charge in [-0.05, 0) is 30.4 Å². The molecule has 0 amide bonds. The number of aliphatic hydroxyl groups excluding tert-OH is 1. The Morgan fingerprint density at radius 2 is 2.00 bits per heavy atom. The summed E-state index contributed by atoms with van der Waals surface area (Å²) in [7, 11) is 1.39. The maximum Gasteiger partial charge on any atom is 0.314 e. The number of methoxy groups -OCH3 is 1. The van der Waals surface area contributed by atoms with Gasteiger partial charge in [0, 0.05) is 0 Å². The molecule has 0 spiro atoms. The summed E-state index contributed by atoms with van der Waals surface area (Å²) in [4.78, 5) is 12.1. The van der Waals surface area contributed by atoms with Crippen LogP contribution in [0.1, 0.15) is 42.9 Å². The normalized spacial score (nSPS) is 18.5. The molecule has 1 aromatic rings. The van der Waals surface area contributed by atoms with Gasteiger partial charge in [-0.15, -0.1) is 6.58 Å². The fourth-order valence-electron chi connectivity index (χ4n) is 3.12. The molecule has 3 heteroatoms. The predicted molar refractivity (Wildman–Crippen MR) is 78.2 cm³/mol. The molecule has 2 rings (SSSR count). The average molecular weight is 274 g/mol. The van der Waals surface area contributed by atoms with E-state index in [9.17, 15) is 9.90 Å². The fraction of sp³-hybridized carbons (Fsp3) is 0.471. The maximum atomic E-state index is 12.1. The third-order valence-electron chi connectivity index (χ3n) is 4.29. The van der Waals surface area contributed by atoms with Gasteiger partial charge in [0.15, 0.2) is 0 Å². The van der Waals surface area contributed by atoms with E-state index >= 15 is 0 Å². The Balaban J connectivity index is 2.25. The van der Waals surface area contributed by atoms with Crippen LogP contribution in [0, 0.1) is 5.41 Å². The van der Waals surface area contributed by atoms with Gasteiger partial charge >= 0.3 is 5.97 Å². The number of carbonyl (C=O) groups excluding carboxylic acids is 1. The summed E-state index contributed by atoms with van der Waals surface area (Å²) in [5, 5.41) is 10.7. The molecule has 1 atom stereocenters. The largest absolute Gasteiger partial charge is 0.469 e. The van der Waals surface area contributed by atoms with Crippen molar-refractivity contribution in [2.24, 2.45) is 5.41 Å². The molecule has 1 aliphatic rings. The van der Waals surface area contributed by atoms with E-state index in [4.69, 9.17) is 4.74 Å². The zero-order valence-corrected chi connectivity index (χ0v) is 12.0. The summed E-state index contributed by atoms with van der Waals surface area (Å²) in [5.41, 5.74) is 1.16. The molecule has 0 aromatic heterocycles. The Kier molecular flexibility index (Phi) is 4.61. The first-order valence-corrected chi connectivity index (χ1v) is 7.10. The van der Waals surface area contributed by atoms with Crippen molar-refractivity contribution in [1.82, 2.24) is 0 Å². The van der Waals surface area contributed by atoms with Crippen LogP contribution in [0.4, 0.5) is 0 Å². The number of rotatable bonds is 5. The van der Waals surface area contributed by atoms with Gasteiger partial charge in [-0.2, -0.15) is 0 Å². The first kappa shape index (κ1) is 14.8. The van der Waals surface area contributed by atoms with E-state index in [0.29, 0.717) is 12.8 Å². The van der Waals surface area contributed by atoms with Crippen molar-refractivity contribution in [3.05, 3.63) is 48.0 Å². The molecular weight excluding hydrogens is 252 g/mol. The minimum absolute atomic E-state index is 0.294. The molecule has 0 radical (unpaired) electrons. The number of aliphatic hydroxyl groups is 1. The Labute approximate surface area is 120 Å². The van der Waals surface area contributed by atoms with Crippen LogP contribution in [0.5, 0.6) is 0 Å². The number of hydrogen-bond acceptors (Lipinski definition) is 3. The van der Waals surface area contributed by atoms with Crippen molar-refractivity contribution in [2.75, 3.05) is 7.11 Å². The quantitative estimate of drug-likeness (QED) is 0.662. The number of esters is 1. The maximum absolute atomic E-state index is 12.1. The SMILES string of the molecule is C=CCc1ccc(C(O)C2(C(=O)OC)CCCC2)cc1. The van der Waals surface area contributed by atoms with Crippen LogP contribution < -0.4 is 0 Å². The minimum atomic E-state index is -0.796. The lowest BCUT2D eigenvalue weighted by molar-refractivity contribution is -0.160. The summed E-state index contributed by atoms with van der Waals surface area (Å²) in [5.74, 6) is -0.294. The zero-order valence-electron chi connectivity index (χ0n) is 12.0. The zero-order chi connectivity index (χ0) is 14.6. The van der Waals surface area contributed by atoms with Gasteiger partial charge in [-0.3, -0.25) is 4.79 Å². The van der Waals surface area contributed by atoms with Crippen molar-refractivity contribution < 1.29 is 14.6 Å². The molecule has 1 saturated carbocycles. The second-order valence-electron chi connectivity index (χ2n) is 5.49. The minimum Gasteiger partial charge on any atom is -0.469 e. The van der Waals surface area contributed by atoms with Gasteiger partial charge in [0.2, 0.25) is 0 Å². The van der Waals surface area contributed by atoms with Crippen LogP contribution >= 0.6 is 0 Å². The number of benzene rings is 1. The van der Waals surface area contributed by atoms with Gasteiger partial charge < -0.3 is 9.84 Å². The summed E-state index contributed by atoms with van der Waals surface area (Å²) < 4.78 is 4.93. The van der Waals surface area contributed by atoms with E-state index in [1.54, 1.807) is 0 Å². The predicted octanol–water partition coefficient (Wildman–Crippen LogP) is 3.18. The van der Waals surface area contributed by atoms with Crippen LogP contribution in [0.3, 0.4) is 0 Å². The monoisotopic (exact) mass is 274 g/mol. The Bertz CT molecular complexity index is 470. The highest BCUT2D eigenvalue weighted by atomic mass is 16.5. The van der Waals surface area contributed by atoms with Crippen LogP contribution in [-0.2, 0) is 16.0 Å². The standard InChI is InChI=1S/C17H22O3/c1-3-6-13-7-9-14(10-8-13)15(18)17(16(19)20-2)11-4-5-12-17/h3,7-10,15,18H,1,4-6,11-12H2,2H3. The van der Waals surface area contributed by atoms with Crippen LogP contribution in [0.15, 0.2) is 36.9 Å². The lowest BCUT2D eigenvalue weighted by Crippen LogP contribution is -2.36. The van der Waals surface area contributed by atoms with E-state index in [1.165, 1.54) is 7.11 Å². The molecule has 20 heavy (non-hydrogen) atoms. The molecule has 0 heterocycles. The van der Waals surface area contributed by atoms with Crippen molar-refractivity contribution in [3.63, 3.8) is 0 Å². The number of ether oxygens (including phenoxy) is 1. The lowest BCUT2D eigenvalue weighted by Gasteiger charge is -2.31. The summed E-state index contributed by atoms with van der Waals surface area (Å²) in [6, 6.07) is 7.74. The van der Waals surface area contributed by atoms with E-state index in [0.717, 1.165) is 30.4 Å². The smallest absolute Gasteiger partial charge is 0.314 e. The number of carbonyl (C=O) groups is 1. The first-order chi connectivity index (χ1) is 9.64. The third kappa shape index (κ3) is 2.63. The second-order valence-corrected chi connectivity index (χ2v) is 5.49. The molecule has 108 valence electrons. The summed E-state index contributed by atoms with van der Waals surface area (Å²) >= 11 is 0. The Morgan fingerprint density at radius 1 is 1.40 bits per heavy atom. The molecule has 0 aliphatic heterocycles. The second kappa shape index (κ2) is 6.23. The van der Waals surface area contributed by atoms with Crippen LogP contribution in [0.25, 0.3) is 0 Å². The molecular formula is C17H22O3. The number of hydrogen-bond donors (Lipinski definition) is 1. The molecule has 0 saturated heterocycles. The molecule has 1 fully saturated rings. The van der Waals surface area contributed by atoms with E-state index in [2.05, 4.69) is 6.58 Å². The van der Waals surface area contributed by atoms with Gasteiger partial charge in [0.1, 0.15) is 0 Å². The van der Waals surface area contributed by atoms with Gasteiger partial charge in [0.25, 0.3) is 0 Å². The highest BCUT2D eigenvalue weighted by molar-refractivity contribution is 5.78. The van der Waals surface area contributed by atoms with Crippen molar-refractivity contribution in [1.29, 1.82) is 0 Å². The van der Waals surface area contributed by atoms with Gasteiger partial charge in [-0.1, -0.05) is 43.2 Å². The van der Waals surface area contributed by atoms with E-state index in [1.807, 2.05) is 30.3 Å².